The number of aromatic nitrogens is 6. The van der Waals surface area contributed by atoms with Gasteiger partial charge in [0.05, 0.1) is 13.2 Å². The summed E-state index contributed by atoms with van der Waals surface area (Å²) < 4.78 is 5.61. The quantitative estimate of drug-likeness (QED) is 0.0819. The Morgan fingerprint density at radius 2 is 0.564 bits per heavy atom. The van der Waals surface area contributed by atoms with Crippen molar-refractivity contribution in [1.82, 2.24) is 29.9 Å². The minimum Gasteiger partial charge on any atom is -0.461 e. The lowest BCUT2D eigenvalue weighted by Crippen LogP contribution is -2.24. The van der Waals surface area contributed by atoms with Crippen LogP contribution in [0.2, 0.25) is 26.4 Å². The van der Waals surface area contributed by atoms with E-state index in [1.165, 1.54) is 56.1 Å². The number of aliphatic hydroxyl groups excluding tert-OH is 1. The number of aliphatic hydroxyl groups is 1. The SMILES string of the molecule is C.CN(C)c1ccc(C(c2ccc(N(C)C)cc2)c2ccc(N(C)CCO)cc2)cc1.CN(C)c1ccc(C(c2ccc(N(C)C)cc2)c2ccc(N(C)CCOc3nc(Cl)nc(Cl)n3)cc2)cc1.Clc1nc(Cl)nc(Cl)n1. The number of benzene rings is 6. The first-order valence-corrected chi connectivity index (χ1v) is 26.4. The zero-order valence-electron chi connectivity index (χ0n) is 45.0. The summed E-state index contributed by atoms with van der Waals surface area (Å²) in [6, 6.07) is 52.7. The second-order valence-corrected chi connectivity index (χ2v) is 20.4. The lowest BCUT2D eigenvalue weighted by Gasteiger charge is -2.23. The van der Waals surface area contributed by atoms with Crippen LogP contribution in [-0.2, 0) is 0 Å². The summed E-state index contributed by atoms with van der Waals surface area (Å²) in [7, 11) is 20.5. The van der Waals surface area contributed by atoms with Crippen molar-refractivity contribution < 1.29 is 9.84 Å². The highest BCUT2D eigenvalue weighted by Crippen LogP contribution is 2.36. The Hall–Kier alpha value is -6.65. The van der Waals surface area contributed by atoms with Crippen LogP contribution in [0.5, 0.6) is 6.01 Å². The van der Waals surface area contributed by atoms with Gasteiger partial charge in [0.2, 0.25) is 26.4 Å². The largest absolute Gasteiger partial charge is 0.461 e. The Labute approximate surface area is 485 Å². The van der Waals surface area contributed by atoms with E-state index >= 15 is 0 Å². The molecule has 0 aliphatic carbocycles. The first-order chi connectivity index (χ1) is 36.8. The molecular formula is C59H69Cl5N12O2. The van der Waals surface area contributed by atoms with E-state index in [4.69, 9.17) is 62.7 Å². The molecule has 78 heavy (non-hydrogen) atoms. The average molecular weight is 1160 g/mol. The number of rotatable bonds is 18. The standard InChI is InChI=1S/C29H32Cl2N6O.C26H33N3O.C3Cl3N3.CH4/c1-35(2)23-12-6-20(7-13-23)26(21-8-14-24(15-9-21)36(3)4)22-10-16-25(17-11-22)37(5)18-19-38-29-33-27(30)32-28(31)34-29;1-27(2)23-12-6-20(7-13-23)26(21-8-14-24(15-9-21)28(3)4)22-10-16-25(17-11-22)29(5)18-19-30;4-1-7-2(5)9-3(6)8-1;/h6-17,26H,18-19H2,1-5H3;6-17,26,30H,18-19H2,1-5H3;;1H4. The maximum atomic E-state index is 9.21. The molecule has 6 aromatic carbocycles. The number of hydrogen-bond donors (Lipinski definition) is 1. The Balaban J connectivity index is 0.000000249. The van der Waals surface area contributed by atoms with Crippen LogP contribution < -0.4 is 34.1 Å². The van der Waals surface area contributed by atoms with Gasteiger partial charge in [-0.15, -0.1) is 0 Å². The number of ether oxygens (including phenoxy) is 1. The van der Waals surface area contributed by atoms with Gasteiger partial charge in [0.1, 0.15) is 6.61 Å². The molecule has 0 spiro atoms. The molecule has 1 N–H and O–H groups in total. The predicted molar refractivity (Wildman–Crippen MR) is 328 cm³/mol. The molecule has 19 heteroatoms. The summed E-state index contributed by atoms with van der Waals surface area (Å²) in [6.45, 7) is 1.77. The molecule has 0 fully saturated rings. The molecule has 0 radical (unpaired) electrons. The van der Waals surface area contributed by atoms with E-state index in [2.05, 4.69) is 261 Å². The molecule has 0 aliphatic heterocycles. The van der Waals surface area contributed by atoms with Crippen LogP contribution in [0.25, 0.3) is 0 Å². The molecule has 0 saturated carbocycles. The Morgan fingerprint density at radius 1 is 0.346 bits per heavy atom. The first-order valence-electron chi connectivity index (χ1n) is 24.5. The van der Waals surface area contributed by atoms with Gasteiger partial charge in [-0.1, -0.05) is 80.2 Å². The second-order valence-electron chi connectivity index (χ2n) is 18.7. The topological polar surface area (TPSA) is 126 Å². The molecule has 0 amide bonds. The van der Waals surface area contributed by atoms with Crippen molar-refractivity contribution in [1.29, 1.82) is 0 Å². The van der Waals surface area contributed by atoms with Gasteiger partial charge in [0.15, 0.2) is 0 Å². The third-order valence-corrected chi connectivity index (χ3v) is 13.4. The van der Waals surface area contributed by atoms with Crippen molar-refractivity contribution in [3.63, 3.8) is 0 Å². The number of anilines is 6. The van der Waals surface area contributed by atoms with Crippen LogP contribution in [0.15, 0.2) is 146 Å². The number of likely N-dealkylation sites (N-methyl/N-ethyl adjacent to an activating group) is 2. The van der Waals surface area contributed by atoms with E-state index in [0.29, 0.717) is 19.7 Å². The van der Waals surface area contributed by atoms with Crippen molar-refractivity contribution in [2.24, 2.45) is 0 Å². The lowest BCUT2D eigenvalue weighted by molar-refractivity contribution is 0.299. The first kappa shape index (κ1) is 62.2. The molecule has 0 atom stereocenters. The summed E-state index contributed by atoms with van der Waals surface area (Å²) in [5, 5.41) is 9.22. The van der Waals surface area contributed by atoms with Gasteiger partial charge < -0.3 is 39.2 Å². The minimum atomic E-state index is 0. The Bertz CT molecular complexity index is 2890. The van der Waals surface area contributed by atoms with Gasteiger partial charge in [-0.25, -0.2) is 0 Å². The maximum absolute atomic E-state index is 9.21. The van der Waals surface area contributed by atoms with Crippen LogP contribution >= 0.6 is 58.0 Å². The molecule has 412 valence electrons. The van der Waals surface area contributed by atoms with Crippen LogP contribution in [0.1, 0.15) is 52.6 Å². The normalized spacial score (nSPS) is 10.6. The highest BCUT2D eigenvalue weighted by Gasteiger charge is 2.20. The highest BCUT2D eigenvalue weighted by atomic mass is 35.5. The summed E-state index contributed by atoms with van der Waals surface area (Å²) >= 11 is 27.6. The van der Waals surface area contributed by atoms with Gasteiger partial charge in [0, 0.05) is 123 Å². The van der Waals surface area contributed by atoms with Crippen molar-refractivity contribution in [2.45, 2.75) is 19.3 Å². The molecular weight excluding hydrogens is 1090 g/mol. The molecule has 8 aromatic rings. The highest BCUT2D eigenvalue weighted by molar-refractivity contribution is 6.33. The van der Waals surface area contributed by atoms with E-state index in [1.54, 1.807) is 0 Å². The van der Waals surface area contributed by atoms with E-state index in [1.807, 2.05) is 14.1 Å². The summed E-state index contributed by atoms with van der Waals surface area (Å²) in [5.74, 6) is 0.276. The van der Waals surface area contributed by atoms with E-state index in [-0.39, 0.29) is 58.3 Å². The molecule has 0 bridgehead atoms. The fraction of sp³-hybridized carbons (Fsp3) is 0.288. The fourth-order valence-corrected chi connectivity index (χ4v) is 9.17. The second kappa shape index (κ2) is 29.9. The maximum Gasteiger partial charge on any atom is 0.322 e. The summed E-state index contributed by atoms with van der Waals surface area (Å²) in [6.07, 6.45) is 0. The number of nitrogens with zero attached hydrogens (tertiary/aromatic N) is 12. The summed E-state index contributed by atoms with van der Waals surface area (Å²) in [5.41, 5.74) is 14.5. The van der Waals surface area contributed by atoms with Crippen molar-refractivity contribution >= 4 is 92.1 Å². The fourth-order valence-electron chi connectivity index (χ4n) is 8.22. The Kier molecular flexibility index (Phi) is 23.9. The van der Waals surface area contributed by atoms with Gasteiger partial charge in [-0.3, -0.25) is 0 Å². The smallest absolute Gasteiger partial charge is 0.322 e. The Morgan fingerprint density at radius 3 is 0.795 bits per heavy atom. The van der Waals surface area contributed by atoms with Crippen LogP contribution in [-0.4, -0.2) is 132 Å². The molecule has 14 nitrogen and oxygen atoms in total. The van der Waals surface area contributed by atoms with Gasteiger partial charge >= 0.3 is 6.01 Å². The average Bonchev–Trinajstić information content (AvgIpc) is 3.43. The number of halogens is 5. The molecule has 2 aromatic heterocycles. The van der Waals surface area contributed by atoms with E-state index < -0.39 is 0 Å². The predicted octanol–water partition coefficient (Wildman–Crippen LogP) is 12.9. The van der Waals surface area contributed by atoms with Crippen LogP contribution in [0.3, 0.4) is 0 Å². The van der Waals surface area contributed by atoms with Crippen molar-refractivity contribution in [3.05, 3.63) is 205 Å². The third kappa shape index (κ3) is 17.9. The zero-order valence-corrected chi connectivity index (χ0v) is 48.7. The van der Waals surface area contributed by atoms with E-state index in [9.17, 15) is 5.11 Å². The molecule has 0 aliphatic rings. The monoisotopic (exact) mass is 1150 g/mol. The third-order valence-electron chi connectivity index (χ3n) is 12.5. The molecule has 2 heterocycles. The van der Waals surface area contributed by atoms with Crippen LogP contribution in [0.4, 0.5) is 34.1 Å². The minimum absolute atomic E-state index is 0. The molecule has 8 rings (SSSR count). The zero-order chi connectivity index (χ0) is 55.8. The summed E-state index contributed by atoms with van der Waals surface area (Å²) in [4.78, 5) is 34.6. The van der Waals surface area contributed by atoms with Gasteiger partial charge in [-0.05, 0) is 164 Å². The molecule has 0 saturated heterocycles. The van der Waals surface area contributed by atoms with Gasteiger partial charge in [0.25, 0.3) is 0 Å². The van der Waals surface area contributed by atoms with Crippen LogP contribution in [0, 0.1) is 0 Å². The number of hydrogen-bond acceptors (Lipinski definition) is 14. The lowest BCUT2D eigenvalue weighted by atomic mass is 9.85. The molecule has 0 unspecified atom stereocenters. The van der Waals surface area contributed by atoms with E-state index in [0.717, 1.165) is 11.4 Å². The van der Waals surface area contributed by atoms with Gasteiger partial charge in [-0.2, -0.15) is 29.9 Å². The van der Waals surface area contributed by atoms with Crippen molar-refractivity contribution in [2.75, 3.05) is 126 Å². The van der Waals surface area contributed by atoms with Crippen molar-refractivity contribution in [3.8, 4) is 6.01 Å².